The molecule has 0 bridgehead atoms. The van der Waals surface area contributed by atoms with Crippen molar-refractivity contribution in [1.29, 1.82) is 0 Å². The number of fused-ring (bicyclic) bond motifs is 1. The van der Waals surface area contributed by atoms with Gasteiger partial charge < -0.3 is 19.4 Å². The van der Waals surface area contributed by atoms with Crippen LogP contribution in [0, 0.1) is 0 Å². The molecule has 1 aromatic heterocycles. The number of carbonyl (C=O) groups is 2. The second-order valence-electron chi connectivity index (χ2n) is 9.25. The average Bonchev–Trinajstić information content (AvgIpc) is 3.35. The number of esters is 1. The number of aliphatic hydroxyl groups excluding tert-OH is 1. The zero-order valence-electron chi connectivity index (χ0n) is 20.9. The van der Waals surface area contributed by atoms with E-state index < -0.39 is 12.1 Å². The summed E-state index contributed by atoms with van der Waals surface area (Å²) in [6.45, 7) is 0. The van der Waals surface area contributed by atoms with E-state index in [2.05, 4.69) is 35.3 Å². The Labute approximate surface area is 220 Å². The van der Waals surface area contributed by atoms with Crippen LogP contribution >= 0.6 is 11.8 Å². The van der Waals surface area contributed by atoms with Gasteiger partial charge >= 0.3 is 5.97 Å². The molecule has 0 fully saturated rings. The Morgan fingerprint density at radius 2 is 1.92 bits per heavy atom. The molecule has 1 heterocycles. The highest BCUT2D eigenvalue weighted by atomic mass is 32.2. The number of pyridine rings is 1. The molecule has 190 valence electrons. The number of benzene rings is 3. The molecule has 0 saturated heterocycles. The molecule has 0 aliphatic heterocycles. The van der Waals surface area contributed by atoms with E-state index in [0.717, 1.165) is 35.0 Å². The molecule has 0 saturated carbocycles. The van der Waals surface area contributed by atoms with Gasteiger partial charge in [-0.2, -0.15) is 0 Å². The lowest BCUT2D eigenvalue weighted by molar-refractivity contribution is -0.108. The average molecular weight is 516 g/mol. The minimum absolute atomic E-state index is 0.208. The van der Waals surface area contributed by atoms with Crippen molar-refractivity contribution in [3.05, 3.63) is 76.9 Å². The molecule has 6 nitrogen and oxygen atoms in total. The van der Waals surface area contributed by atoms with E-state index in [1.807, 2.05) is 18.2 Å². The fourth-order valence-electron chi connectivity index (χ4n) is 5.19. The van der Waals surface area contributed by atoms with Gasteiger partial charge in [0.2, 0.25) is 5.88 Å². The first-order valence-electron chi connectivity index (χ1n) is 12.4. The lowest BCUT2D eigenvalue weighted by Gasteiger charge is -2.25. The Bertz CT molecular complexity index is 1470. The molecular formula is C30H29NO5S. The number of rotatable bonds is 10. The van der Waals surface area contributed by atoms with Crippen molar-refractivity contribution in [3.8, 4) is 5.88 Å². The third kappa shape index (κ3) is 4.93. The van der Waals surface area contributed by atoms with Crippen molar-refractivity contribution < 1.29 is 24.2 Å². The number of aldehydes is 1. The van der Waals surface area contributed by atoms with Crippen LogP contribution in [0.5, 0.6) is 5.88 Å². The van der Waals surface area contributed by atoms with Crippen molar-refractivity contribution in [1.82, 2.24) is 4.98 Å². The topological polar surface area (TPSA) is 85.7 Å². The summed E-state index contributed by atoms with van der Waals surface area (Å²) in [6, 6.07) is 18.4. The predicted molar refractivity (Wildman–Crippen MR) is 146 cm³/mol. The Balaban J connectivity index is 1.55. The number of ether oxygens (including phenoxy) is 2. The fraction of sp³-hybridized carbons (Fsp3) is 0.300. The van der Waals surface area contributed by atoms with Crippen molar-refractivity contribution in [3.63, 3.8) is 0 Å². The maximum absolute atomic E-state index is 12.2. The number of methoxy groups -OCH3 is 2. The normalized spacial score (nSPS) is 14.0. The number of aromatic nitrogens is 1. The number of unbranched alkanes of at least 4 members (excludes halogenated alkanes) is 1. The largest absolute Gasteiger partial charge is 0.480 e. The molecule has 1 aliphatic carbocycles. The summed E-state index contributed by atoms with van der Waals surface area (Å²) in [6.07, 6.45) is 3.95. The summed E-state index contributed by atoms with van der Waals surface area (Å²) < 4.78 is 10.2. The van der Waals surface area contributed by atoms with Gasteiger partial charge in [0.25, 0.3) is 0 Å². The molecule has 2 unspecified atom stereocenters. The van der Waals surface area contributed by atoms with Crippen LogP contribution in [0.3, 0.4) is 0 Å². The van der Waals surface area contributed by atoms with Crippen LogP contribution in [0.15, 0.2) is 59.5 Å². The molecule has 0 radical (unpaired) electrons. The van der Waals surface area contributed by atoms with Gasteiger partial charge in [-0.15, -0.1) is 11.8 Å². The zero-order valence-corrected chi connectivity index (χ0v) is 21.7. The Morgan fingerprint density at radius 1 is 1.11 bits per heavy atom. The van der Waals surface area contributed by atoms with Gasteiger partial charge in [-0.25, -0.2) is 9.78 Å². The van der Waals surface area contributed by atoms with Gasteiger partial charge in [0.15, 0.2) is 0 Å². The number of aliphatic hydroxyl groups is 1. The Kier molecular flexibility index (Phi) is 7.44. The number of thioether (sulfide) groups is 1. The van der Waals surface area contributed by atoms with Crippen molar-refractivity contribution >= 4 is 45.7 Å². The highest BCUT2D eigenvalue weighted by Crippen LogP contribution is 2.45. The van der Waals surface area contributed by atoms with Gasteiger partial charge in [-0.1, -0.05) is 36.4 Å². The maximum atomic E-state index is 12.2. The van der Waals surface area contributed by atoms with Crippen molar-refractivity contribution in [2.75, 3.05) is 14.2 Å². The first-order chi connectivity index (χ1) is 18.0. The standard InChI is InChI=1S/C30H29NO5S/c1-35-29-24(30(34)36-2)16-20-11-13-21(17-25(20)31-29)37-28(26(33)8-3-4-15-32)23-14-12-19-10-9-18-6-5-7-22(23)27(18)19/h5-7,11-17,26,28,33H,3-4,8-10H2,1-2H3. The molecule has 0 amide bonds. The van der Waals surface area contributed by atoms with E-state index in [4.69, 9.17) is 9.47 Å². The van der Waals surface area contributed by atoms with Crippen LogP contribution < -0.4 is 4.74 Å². The number of hydrogen-bond donors (Lipinski definition) is 1. The summed E-state index contributed by atoms with van der Waals surface area (Å²) in [4.78, 5) is 28.5. The monoisotopic (exact) mass is 515 g/mol. The minimum Gasteiger partial charge on any atom is -0.480 e. The van der Waals surface area contributed by atoms with Gasteiger partial charge in [-0.05, 0) is 71.3 Å². The molecule has 2 atom stereocenters. The molecule has 3 aromatic carbocycles. The smallest absolute Gasteiger partial charge is 0.343 e. The molecule has 1 N–H and O–H groups in total. The van der Waals surface area contributed by atoms with Gasteiger partial charge in [0.05, 0.1) is 31.1 Å². The van der Waals surface area contributed by atoms with E-state index in [9.17, 15) is 14.7 Å². The van der Waals surface area contributed by atoms with Crippen LogP contribution in [0.4, 0.5) is 0 Å². The molecule has 37 heavy (non-hydrogen) atoms. The Morgan fingerprint density at radius 3 is 2.68 bits per heavy atom. The van der Waals surface area contributed by atoms with Crippen LogP contribution in [0.1, 0.15) is 51.6 Å². The number of aryl methyl sites for hydroxylation is 2. The van der Waals surface area contributed by atoms with E-state index in [1.165, 1.54) is 36.1 Å². The van der Waals surface area contributed by atoms with Crippen molar-refractivity contribution in [2.24, 2.45) is 0 Å². The van der Waals surface area contributed by atoms with Gasteiger partial charge in [0.1, 0.15) is 11.8 Å². The molecule has 5 rings (SSSR count). The highest BCUT2D eigenvalue weighted by molar-refractivity contribution is 7.99. The molecule has 4 aromatic rings. The van der Waals surface area contributed by atoms with Gasteiger partial charge in [-0.3, -0.25) is 0 Å². The summed E-state index contributed by atoms with van der Waals surface area (Å²) in [5, 5.41) is 14.4. The quantitative estimate of drug-likeness (QED) is 0.123. The number of carbonyl (C=O) groups excluding carboxylic acids is 2. The lowest BCUT2D eigenvalue weighted by atomic mass is 9.94. The predicted octanol–water partition coefficient (Wildman–Crippen LogP) is 5.85. The third-order valence-corrected chi connectivity index (χ3v) is 8.35. The van der Waals surface area contributed by atoms with Gasteiger partial charge in [0, 0.05) is 16.7 Å². The van der Waals surface area contributed by atoms with Crippen molar-refractivity contribution in [2.45, 2.75) is 48.4 Å². The maximum Gasteiger partial charge on any atom is 0.343 e. The van der Waals surface area contributed by atoms with E-state index >= 15 is 0 Å². The highest BCUT2D eigenvalue weighted by Gasteiger charge is 2.27. The molecule has 1 aliphatic rings. The van der Waals surface area contributed by atoms with Crippen LogP contribution in [0.25, 0.3) is 21.7 Å². The fourth-order valence-corrected chi connectivity index (χ4v) is 6.43. The zero-order chi connectivity index (χ0) is 25.9. The van der Waals surface area contributed by atoms with E-state index in [-0.39, 0.29) is 16.7 Å². The SMILES string of the molecule is COC(=O)c1cc2ccc(SC(c3ccc4c5c(cccc35)CC4)C(O)CCCC=O)cc2nc1OC. The summed E-state index contributed by atoms with van der Waals surface area (Å²) in [5.74, 6) is -0.297. The van der Waals surface area contributed by atoms with E-state index in [1.54, 1.807) is 17.8 Å². The first-order valence-corrected chi connectivity index (χ1v) is 13.3. The summed E-state index contributed by atoms with van der Waals surface area (Å²) in [7, 11) is 2.80. The number of hydrogen-bond acceptors (Lipinski definition) is 7. The van der Waals surface area contributed by atoms with E-state index in [0.29, 0.717) is 24.8 Å². The third-order valence-electron chi connectivity index (χ3n) is 7.00. The lowest BCUT2D eigenvalue weighted by Crippen LogP contribution is -2.16. The Hall–Kier alpha value is -3.42. The minimum atomic E-state index is -0.636. The second kappa shape index (κ2) is 10.9. The van der Waals surface area contributed by atoms with Crippen LogP contribution in [0.2, 0.25) is 0 Å². The molecule has 7 heteroatoms. The first kappa shape index (κ1) is 25.2. The molecule has 0 spiro atoms. The number of nitrogens with zero attached hydrogens (tertiary/aromatic N) is 1. The molecular weight excluding hydrogens is 486 g/mol. The second-order valence-corrected chi connectivity index (χ2v) is 10.5. The van der Waals surface area contributed by atoms with Crippen LogP contribution in [-0.2, 0) is 22.4 Å². The summed E-state index contributed by atoms with van der Waals surface area (Å²) >= 11 is 1.59. The summed E-state index contributed by atoms with van der Waals surface area (Å²) in [5.41, 5.74) is 4.77. The van der Waals surface area contributed by atoms with Crippen LogP contribution in [-0.4, -0.2) is 42.7 Å².